The molecule has 3 aromatic rings. The number of amides is 1. The summed E-state index contributed by atoms with van der Waals surface area (Å²) in [6.45, 7) is 1.66. The Labute approximate surface area is 194 Å². The fourth-order valence-corrected chi connectivity index (χ4v) is 3.80. The molecule has 1 aliphatic rings. The summed E-state index contributed by atoms with van der Waals surface area (Å²) < 4.78 is 25.3. The second kappa shape index (κ2) is 8.93. The summed E-state index contributed by atoms with van der Waals surface area (Å²) in [7, 11) is 1.63. The molecule has 0 spiro atoms. The van der Waals surface area contributed by atoms with Crippen LogP contribution >= 0.6 is 11.6 Å². The zero-order chi connectivity index (χ0) is 23.7. The maximum Gasteiger partial charge on any atom is 0.264 e. The van der Waals surface area contributed by atoms with Crippen LogP contribution in [0.3, 0.4) is 0 Å². The summed E-state index contributed by atoms with van der Waals surface area (Å²) in [5.41, 5.74) is 1.60. The van der Waals surface area contributed by atoms with E-state index in [0.717, 1.165) is 6.07 Å². The summed E-state index contributed by atoms with van der Waals surface area (Å²) in [6.07, 6.45) is 0. The van der Waals surface area contributed by atoms with E-state index in [-0.39, 0.29) is 29.6 Å². The van der Waals surface area contributed by atoms with Crippen LogP contribution in [-0.2, 0) is 4.79 Å². The molecular formula is C25H18ClFN2O4. The fraction of sp³-hybridized carbons (Fsp3) is 0.160. The van der Waals surface area contributed by atoms with E-state index in [2.05, 4.69) is 0 Å². The monoisotopic (exact) mass is 464 g/mol. The third-order valence-corrected chi connectivity index (χ3v) is 5.79. The highest BCUT2D eigenvalue weighted by Gasteiger charge is 2.26. The number of hydrogen-bond acceptors (Lipinski definition) is 5. The van der Waals surface area contributed by atoms with Crippen molar-refractivity contribution in [3.8, 4) is 23.3 Å². The lowest BCUT2D eigenvalue weighted by molar-refractivity contribution is -0.120. The van der Waals surface area contributed by atoms with Crippen molar-refractivity contribution < 1.29 is 23.5 Å². The van der Waals surface area contributed by atoms with Gasteiger partial charge in [0.2, 0.25) is 0 Å². The van der Waals surface area contributed by atoms with Crippen molar-refractivity contribution in [3.63, 3.8) is 0 Å². The minimum absolute atomic E-state index is 0.0462. The molecule has 1 atom stereocenters. The topological polar surface area (TPSA) is 79.6 Å². The molecule has 0 aliphatic carbocycles. The molecule has 1 amide bonds. The number of anilines is 1. The van der Waals surface area contributed by atoms with E-state index in [0.29, 0.717) is 33.3 Å². The molecular weight excluding hydrogens is 447 g/mol. The summed E-state index contributed by atoms with van der Waals surface area (Å²) in [6, 6.07) is 15.4. The van der Waals surface area contributed by atoms with Crippen LogP contribution in [0.2, 0.25) is 5.02 Å². The lowest BCUT2D eigenvalue weighted by Gasteiger charge is -2.26. The predicted octanol–water partition coefficient (Wildman–Crippen LogP) is 5.48. The zero-order valence-corrected chi connectivity index (χ0v) is 18.5. The lowest BCUT2D eigenvalue weighted by atomic mass is 9.91. The Bertz CT molecular complexity index is 1320. The Morgan fingerprint density at radius 1 is 1.21 bits per heavy atom. The molecule has 0 aromatic heterocycles. The van der Waals surface area contributed by atoms with Crippen molar-refractivity contribution in [2.45, 2.75) is 12.8 Å². The van der Waals surface area contributed by atoms with Crippen LogP contribution < -0.4 is 14.4 Å². The summed E-state index contributed by atoms with van der Waals surface area (Å²) >= 11 is 6.36. The highest BCUT2D eigenvalue weighted by Crippen LogP contribution is 2.36. The minimum Gasteiger partial charge on any atom is -0.482 e. The maximum absolute atomic E-state index is 14.2. The van der Waals surface area contributed by atoms with Crippen molar-refractivity contribution in [3.05, 3.63) is 82.1 Å². The molecule has 1 aliphatic heterocycles. The van der Waals surface area contributed by atoms with E-state index in [1.54, 1.807) is 50.4 Å². The minimum atomic E-state index is -0.676. The number of carbonyl (C=O) groups is 2. The van der Waals surface area contributed by atoms with Gasteiger partial charge >= 0.3 is 0 Å². The van der Waals surface area contributed by atoms with Crippen molar-refractivity contribution in [2.75, 3.05) is 18.6 Å². The zero-order valence-electron chi connectivity index (χ0n) is 17.8. The van der Waals surface area contributed by atoms with Crippen LogP contribution in [0, 0.1) is 17.1 Å². The van der Waals surface area contributed by atoms with Gasteiger partial charge < -0.3 is 14.4 Å². The quantitative estimate of drug-likeness (QED) is 0.467. The molecule has 0 saturated heterocycles. The first kappa shape index (κ1) is 22.3. The van der Waals surface area contributed by atoms with Gasteiger partial charge in [-0.2, -0.15) is 5.26 Å². The number of likely N-dealkylation sites (N-methyl/N-ethyl adjacent to an activating group) is 1. The van der Waals surface area contributed by atoms with Crippen LogP contribution in [0.4, 0.5) is 10.1 Å². The van der Waals surface area contributed by atoms with Gasteiger partial charge in [-0.1, -0.05) is 18.5 Å². The third-order valence-electron chi connectivity index (χ3n) is 5.45. The SMILES string of the molecule is CC(C(=O)c1ccc2c(c1)N(C)C(=O)CO2)c1cc(Oc2ccc(C#N)cc2F)ccc1Cl. The highest BCUT2D eigenvalue weighted by molar-refractivity contribution is 6.31. The second-order valence-electron chi connectivity index (χ2n) is 7.55. The third kappa shape index (κ3) is 4.38. The number of benzene rings is 3. The van der Waals surface area contributed by atoms with Crippen molar-refractivity contribution in [2.24, 2.45) is 0 Å². The number of Topliss-reactive ketones (excluding diaryl/α,β-unsaturated/α-hetero) is 1. The van der Waals surface area contributed by atoms with Crippen LogP contribution in [0.5, 0.6) is 17.2 Å². The summed E-state index contributed by atoms with van der Waals surface area (Å²) in [5.74, 6) is -0.972. The van der Waals surface area contributed by atoms with Gasteiger partial charge in [0.1, 0.15) is 11.5 Å². The Balaban J connectivity index is 1.61. The average molecular weight is 465 g/mol. The van der Waals surface area contributed by atoms with Crippen molar-refractivity contribution in [1.82, 2.24) is 0 Å². The smallest absolute Gasteiger partial charge is 0.264 e. The van der Waals surface area contributed by atoms with E-state index < -0.39 is 11.7 Å². The maximum atomic E-state index is 14.2. The largest absolute Gasteiger partial charge is 0.482 e. The number of hydrogen-bond donors (Lipinski definition) is 0. The fourth-order valence-electron chi connectivity index (χ4n) is 3.51. The Kier molecular flexibility index (Phi) is 6.03. The van der Waals surface area contributed by atoms with E-state index in [9.17, 15) is 14.0 Å². The van der Waals surface area contributed by atoms with Crippen LogP contribution in [0.25, 0.3) is 0 Å². The van der Waals surface area contributed by atoms with E-state index in [1.807, 2.05) is 6.07 Å². The van der Waals surface area contributed by atoms with Gasteiger partial charge in [0.15, 0.2) is 24.0 Å². The molecule has 6 nitrogen and oxygen atoms in total. The molecule has 33 heavy (non-hydrogen) atoms. The molecule has 3 aromatic carbocycles. The highest BCUT2D eigenvalue weighted by atomic mass is 35.5. The first-order valence-electron chi connectivity index (χ1n) is 10.0. The Morgan fingerprint density at radius 2 is 2.00 bits per heavy atom. The molecule has 1 heterocycles. The number of rotatable bonds is 5. The number of ketones is 1. The van der Waals surface area contributed by atoms with Crippen LogP contribution in [0.15, 0.2) is 54.6 Å². The molecule has 0 N–H and O–H groups in total. The number of carbonyl (C=O) groups excluding carboxylic acids is 2. The van der Waals surface area contributed by atoms with Crippen molar-refractivity contribution >= 4 is 29.0 Å². The molecule has 8 heteroatoms. The number of ether oxygens (including phenoxy) is 2. The number of nitrogens with zero attached hydrogens (tertiary/aromatic N) is 2. The summed E-state index contributed by atoms with van der Waals surface area (Å²) in [5, 5.41) is 9.24. The van der Waals surface area contributed by atoms with Gasteiger partial charge in [0, 0.05) is 23.6 Å². The molecule has 0 saturated carbocycles. The second-order valence-corrected chi connectivity index (χ2v) is 7.96. The van der Waals surface area contributed by atoms with E-state index >= 15 is 0 Å². The number of halogens is 2. The Morgan fingerprint density at radius 3 is 2.73 bits per heavy atom. The number of fused-ring (bicyclic) bond motifs is 1. The first-order valence-corrected chi connectivity index (χ1v) is 10.4. The molecule has 166 valence electrons. The van der Waals surface area contributed by atoms with Crippen molar-refractivity contribution in [1.29, 1.82) is 5.26 Å². The normalized spacial score (nSPS) is 13.5. The molecule has 1 unspecified atom stereocenters. The number of nitriles is 1. The molecule has 4 rings (SSSR count). The molecule has 0 fully saturated rings. The van der Waals surface area contributed by atoms with Gasteiger partial charge in [-0.15, -0.1) is 0 Å². The van der Waals surface area contributed by atoms with Gasteiger partial charge in [0.05, 0.1) is 17.3 Å². The van der Waals surface area contributed by atoms with E-state index in [1.165, 1.54) is 17.0 Å². The van der Waals surface area contributed by atoms with Gasteiger partial charge in [-0.25, -0.2) is 4.39 Å². The molecule has 0 bridgehead atoms. The van der Waals surface area contributed by atoms with Gasteiger partial charge in [-0.3, -0.25) is 9.59 Å². The predicted molar refractivity (Wildman–Crippen MR) is 121 cm³/mol. The standard InChI is InChI=1S/C25H18ClFN2O4/c1-14(25(31)16-4-8-23-21(10-16)29(2)24(30)13-32-23)18-11-17(5-6-19(18)26)33-22-7-3-15(12-28)9-20(22)27/h3-11,14H,13H2,1-2H3. The lowest BCUT2D eigenvalue weighted by Crippen LogP contribution is -2.35. The van der Waals surface area contributed by atoms with Crippen LogP contribution in [-0.4, -0.2) is 25.3 Å². The van der Waals surface area contributed by atoms with E-state index in [4.69, 9.17) is 26.3 Å². The first-order chi connectivity index (χ1) is 15.8. The molecule has 0 radical (unpaired) electrons. The van der Waals surface area contributed by atoms with Gasteiger partial charge in [-0.05, 0) is 60.2 Å². The van der Waals surface area contributed by atoms with Gasteiger partial charge in [0.25, 0.3) is 5.91 Å². The Hall–Kier alpha value is -3.89. The average Bonchev–Trinajstić information content (AvgIpc) is 2.82. The van der Waals surface area contributed by atoms with Crippen LogP contribution in [0.1, 0.15) is 34.3 Å². The summed E-state index contributed by atoms with van der Waals surface area (Å²) in [4.78, 5) is 26.6.